The van der Waals surface area contributed by atoms with E-state index in [4.69, 9.17) is 10.5 Å². The maximum absolute atomic E-state index is 12.5. The van der Waals surface area contributed by atoms with E-state index >= 15 is 0 Å². The highest BCUT2D eigenvalue weighted by atomic mass is 16.6. The maximum atomic E-state index is 12.5. The summed E-state index contributed by atoms with van der Waals surface area (Å²) in [6, 6.07) is 17.9. The van der Waals surface area contributed by atoms with Crippen molar-refractivity contribution in [3.05, 3.63) is 60.8 Å². The first-order chi connectivity index (χ1) is 13.7. The number of nitrogens with two attached hydrogens (primary N) is 1. The predicted octanol–water partition coefficient (Wildman–Crippen LogP) is 3.85. The van der Waals surface area contributed by atoms with Crippen molar-refractivity contribution in [3.8, 4) is 0 Å². The van der Waals surface area contributed by atoms with Crippen LogP contribution in [-0.2, 0) is 9.53 Å². The minimum atomic E-state index is -0.860. The van der Waals surface area contributed by atoms with Crippen LogP contribution in [0, 0.1) is 0 Å². The summed E-state index contributed by atoms with van der Waals surface area (Å²) in [7, 11) is 0. The molecule has 28 heavy (non-hydrogen) atoms. The quantitative estimate of drug-likeness (QED) is 0.503. The second kappa shape index (κ2) is 8.02. The summed E-state index contributed by atoms with van der Waals surface area (Å²) in [6.45, 7) is 0.273. The Balaban J connectivity index is 1.77. The zero-order valence-corrected chi connectivity index (χ0v) is 15.9. The third-order valence-corrected chi connectivity index (χ3v) is 5.39. The molecule has 146 valence electrons. The van der Waals surface area contributed by atoms with Gasteiger partial charge in [-0.15, -0.1) is 0 Å². The Morgan fingerprint density at radius 1 is 1.18 bits per heavy atom. The Hall–Kier alpha value is -2.86. The molecule has 1 aromatic heterocycles. The van der Waals surface area contributed by atoms with Crippen molar-refractivity contribution in [3.63, 3.8) is 0 Å². The first kappa shape index (κ1) is 18.5. The molecule has 2 atom stereocenters. The molecule has 1 aliphatic rings. The number of hydrogen-bond donors (Lipinski definition) is 2. The molecule has 0 bridgehead atoms. The number of rotatable bonds is 6. The number of carbonyl (C=O) groups is 1. The van der Waals surface area contributed by atoms with Crippen molar-refractivity contribution in [2.45, 2.75) is 43.9 Å². The van der Waals surface area contributed by atoms with Crippen LogP contribution in [-0.4, -0.2) is 28.0 Å². The fourth-order valence-corrected chi connectivity index (χ4v) is 4.11. The predicted molar refractivity (Wildman–Crippen MR) is 110 cm³/mol. The Kier molecular flexibility index (Phi) is 5.30. The average molecular weight is 378 g/mol. The SMILES string of the molecule is NCCC(=O)OC1(Nc2ccccc2)CCCCC1n1ncc2ccccc21. The lowest BCUT2D eigenvalue weighted by Crippen LogP contribution is -2.52. The van der Waals surface area contributed by atoms with Gasteiger partial charge in [0.2, 0.25) is 5.72 Å². The molecule has 2 aromatic carbocycles. The lowest BCUT2D eigenvalue weighted by Gasteiger charge is -2.44. The van der Waals surface area contributed by atoms with Gasteiger partial charge in [-0.2, -0.15) is 5.10 Å². The Bertz CT molecular complexity index is 940. The summed E-state index contributed by atoms with van der Waals surface area (Å²) in [5.41, 5.74) is 6.70. The van der Waals surface area contributed by atoms with E-state index in [-0.39, 0.29) is 25.0 Å². The van der Waals surface area contributed by atoms with Gasteiger partial charge in [0.1, 0.15) is 6.04 Å². The van der Waals surface area contributed by atoms with Crippen LogP contribution in [0.3, 0.4) is 0 Å². The van der Waals surface area contributed by atoms with E-state index in [2.05, 4.69) is 16.5 Å². The van der Waals surface area contributed by atoms with Gasteiger partial charge in [-0.1, -0.05) is 42.8 Å². The summed E-state index contributed by atoms with van der Waals surface area (Å²) >= 11 is 0. The second-order valence-electron chi connectivity index (χ2n) is 7.30. The Labute approximate surface area is 164 Å². The molecule has 6 nitrogen and oxygen atoms in total. The number of anilines is 1. The molecule has 2 unspecified atom stereocenters. The summed E-state index contributed by atoms with van der Waals surface area (Å²) in [5.74, 6) is -0.283. The monoisotopic (exact) mass is 378 g/mol. The van der Waals surface area contributed by atoms with Crippen molar-refractivity contribution in [2.75, 3.05) is 11.9 Å². The zero-order chi connectivity index (χ0) is 19.4. The molecule has 0 aliphatic heterocycles. The minimum Gasteiger partial charge on any atom is -0.437 e. The van der Waals surface area contributed by atoms with Gasteiger partial charge in [-0.05, 0) is 31.0 Å². The van der Waals surface area contributed by atoms with Gasteiger partial charge in [0.15, 0.2) is 0 Å². The average Bonchev–Trinajstić information content (AvgIpc) is 3.13. The van der Waals surface area contributed by atoms with Crippen LogP contribution in [0.2, 0.25) is 0 Å². The molecule has 0 amide bonds. The number of nitrogens with zero attached hydrogens (tertiary/aromatic N) is 2. The van der Waals surface area contributed by atoms with Gasteiger partial charge >= 0.3 is 5.97 Å². The normalized spacial score (nSPS) is 22.1. The molecule has 1 heterocycles. The fraction of sp³-hybridized carbons (Fsp3) is 0.364. The molecule has 4 rings (SSSR count). The molecule has 0 saturated heterocycles. The standard InChI is InChI=1S/C22H26N4O2/c23-15-13-21(27)28-22(25-18-9-2-1-3-10-18)14-7-6-12-20(22)26-19-11-5-4-8-17(19)16-24-26/h1-5,8-11,16,20,25H,6-7,12-15,23H2. The van der Waals surface area contributed by atoms with Crippen LogP contribution in [0.1, 0.15) is 38.1 Å². The fourth-order valence-electron chi connectivity index (χ4n) is 4.11. The van der Waals surface area contributed by atoms with E-state index in [0.717, 1.165) is 42.3 Å². The van der Waals surface area contributed by atoms with Gasteiger partial charge in [-0.3, -0.25) is 9.48 Å². The molecular weight excluding hydrogens is 352 g/mol. The van der Waals surface area contributed by atoms with Crippen molar-refractivity contribution < 1.29 is 9.53 Å². The van der Waals surface area contributed by atoms with Crippen molar-refractivity contribution >= 4 is 22.6 Å². The molecule has 3 aromatic rings. The minimum absolute atomic E-state index is 0.108. The van der Waals surface area contributed by atoms with Gasteiger partial charge in [-0.25, -0.2) is 0 Å². The van der Waals surface area contributed by atoms with Gasteiger partial charge < -0.3 is 15.8 Å². The van der Waals surface area contributed by atoms with E-state index in [1.807, 2.05) is 59.4 Å². The van der Waals surface area contributed by atoms with Crippen LogP contribution in [0.15, 0.2) is 60.8 Å². The zero-order valence-electron chi connectivity index (χ0n) is 15.9. The molecule has 3 N–H and O–H groups in total. The number of nitrogens with one attached hydrogen (secondary N) is 1. The van der Waals surface area contributed by atoms with Gasteiger partial charge in [0.25, 0.3) is 0 Å². The van der Waals surface area contributed by atoms with E-state index in [0.29, 0.717) is 0 Å². The summed E-state index contributed by atoms with van der Waals surface area (Å²) in [6.07, 6.45) is 5.71. The van der Waals surface area contributed by atoms with Crippen LogP contribution in [0.25, 0.3) is 10.9 Å². The van der Waals surface area contributed by atoms with Crippen LogP contribution >= 0.6 is 0 Å². The lowest BCUT2D eigenvalue weighted by atomic mass is 9.86. The smallest absolute Gasteiger partial charge is 0.309 e. The first-order valence-electron chi connectivity index (χ1n) is 9.89. The third kappa shape index (κ3) is 3.60. The van der Waals surface area contributed by atoms with E-state index in [1.165, 1.54) is 0 Å². The van der Waals surface area contributed by atoms with E-state index < -0.39 is 5.72 Å². The lowest BCUT2D eigenvalue weighted by molar-refractivity contribution is -0.165. The van der Waals surface area contributed by atoms with E-state index in [9.17, 15) is 4.79 Å². The summed E-state index contributed by atoms with van der Waals surface area (Å²) in [5, 5.41) is 9.29. The molecule has 0 radical (unpaired) electrons. The summed E-state index contributed by atoms with van der Waals surface area (Å²) in [4.78, 5) is 12.5. The number of para-hydroxylation sites is 2. The van der Waals surface area contributed by atoms with E-state index in [1.54, 1.807) is 0 Å². The largest absolute Gasteiger partial charge is 0.437 e. The highest BCUT2D eigenvalue weighted by Gasteiger charge is 2.46. The molecule has 1 fully saturated rings. The number of aromatic nitrogens is 2. The molecule has 1 aliphatic carbocycles. The number of ether oxygens (including phenoxy) is 1. The maximum Gasteiger partial charge on any atom is 0.309 e. The van der Waals surface area contributed by atoms with Crippen molar-refractivity contribution in [1.29, 1.82) is 0 Å². The highest BCUT2D eigenvalue weighted by Crippen LogP contribution is 2.42. The first-order valence-corrected chi connectivity index (χ1v) is 9.89. The number of fused-ring (bicyclic) bond motifs is 1. The number of carbonyl (C=O) groups excluding carboxylic acids is 1. The van der Waals surface area contributed by atoms with Crippen LogP contribution in [0.4, 0.5) is 5.69 Å². The number of hydrogen-bond acceptors (Lipinski definition) is 5. The number of benzene rings is 2. The van der Waals surface area contributed by atoms with Crippen molar-refractivity contribution in [2.24, 2.45) is 5.73 Å². The van der Waals surface area contributed by atoms with Gasteiger partial charge in [0, 0.05) is 24.0 Å². The summed E-state index contributed by atoms with van der Waals surface area (Å²) < 4.78 is 8.13. The molecular formula is C22H26N4O2. The Morgan fingerprint density at radius 3 is 2.79 bits per heavy atom. The molecule has 1 saturated carbocycles. The third-order valence-electron chi connectivity index (χ3n) is 5.39. The topological polar surface area (TPSA) is 82.2 Å². The van der Waals surface area contributed by atoms with Crippen molar-refractivity contribution in [1.82, 2.24) is 9.78 Å². The molecule has 0 spiro atoms. The van der Waals surface area contributed by atoms with Gasteiger partial charge in [0.05, 0.1) is 18.1 Å². The second-order valence-corrected chi connectivity index (χ2v) is 7.30. The highest BCUT2D eigenvalue weighted by molar-refractivity contribution is 5.78. The van der Waals surface area contributed by atoms with Crippen LogP contribution < -0.4 is 11.1 Å². The molecule has 6 heteroatoms. The Morgan fingerprint density at radius 2 is 1.96 bits per heavy atom. The van der Waals surface area contributed by atoms with Crippen LogP contribution in [0.5, 0.6) is 0 Å². The number of esters is 1.